The van der Waals surface area contributed by atoms with Crippen LogP contribution in [0.4, 0.5) is 4.39 Å². The van der Waals surface area contributed by atoms with Gasteiger partial charge in [0.2, 0.25) is 11.5 Å². The Morgan fingerprint density at radius 3 is 2.69 bits per heavy atom. The molecule has 2 N–H and O–H groups in total. The number of aromatic nitrogens is 1. The van der Waals surface area contributed by atoms with Crippen molar-refractivity contribution in [1.82, 2.24) is 20.1 Å². The largest absolute Gasteiger partial charge is 0.373 e. The lowest BCUT2D eigenvalue weighted by molar-refractivity contribution is -0.149. The van der Waals surface area contributed by atoms with Gasteiger partial charge in [-0.3, -0.25) is 14.9 Å². The lowest BCUT2D eigenvalue weighted by atomic mass is 9.82. The number of rotatable bonds is 3. The SMILES string of the molecule is CC1NC2C(c3ccc(Cl)cc3F)NC(C3CCOC(c4ccc(=O)n(C)c4)C3)CN2C(=O)C1C. The van der Waals surface area contributed by atoms with Gasteiger partial charge in [-0.2, -0.15) is 0 Å². The maximum atomic E-state index is 15.1. The maximum Gasteiger partial charge on any atom is 0.250 e. The molecule has 9 heteroatoms. The number of benzene rings is 1. The van der Waals surface area contributed by atoms with E-state index < -0.39 is 6.04 Å². The van der Waals surface area contributed by atoms with Crippen LogP contribution in [-0.2, 0) is 16.6 Å². The third kappa shape index (κ3) is 4.65. The summed E-state index contributed by atoms with van der Waals surface area (Å²) >= 11 is 6.03. The molecule has 0 bridgehead atoms. The van der Waals surface area contributed by atoms with Crippen LogP contribution in [0.25, 0.3) is 0 Å². The molecular formula is C26H32ClFN4O3. The molecule has 1 amide bonds. The number of hydrogen-bond acceptors (Lipinski definition) is 5. The van der Waals surface area contributed by atoms with E-state index in [1.807, 2.05) is 31.0 Å². The van der Waals surface area contributed by atoms with Gasteiger partial charge in [0.05, 0.1) is 18.1 Å². The van der Waals surface area contributed by atoms with Crippen LogP contribution in [-0.4, -0.2) is 46.8 Å². The summed E-state index contributed by atoms with van der Waals surface area (Å²) in [5, 5.41) is 7.58. The number of aryl methyl sites for hydroxylation is 1. The highest BCUT2D eigenvalue weighted by molar-refractivity contribution is 6.30. The standard InChI is InChI=1S/C26H32ClFN4O3/c1-14-15(2)29-25-24(19-6-5-18(27)11-20(19)28)30-21(13-32(25)26(14)34)16-8-9-35-22(10-16)17-4-7-23(33)31(3)12-17/h4-7,11-12,14-16,21-22,24-25,29-30H,8-10,13H2,1-3H3. The summed E-state index contributed by atoms with van der Waals surface area (Å²) in [7, 11) is 1.73. The van der Waals surface area contributed by atoms with Crippen molar-refractivity contribution in [2.24, 2.45) is 18.9 Å². The summed E-state index contributed by atoms with van der Waals surface area (Å²) in [6, 6.07) is 7.65. The highest BCUT2D eigenvalue weighted by Crippen LogP contribution is 2.38. The number of carbonyl (C=O) groups is 1. The minimum absolute atomic E-state index is 0.0165. The molecule has 7 unspecified atom stereocenters. The lowest BCUT2D eigenvalue weighted by Crippen LogP contribution is -2.71. The van der Waals surface area contributed by atoms with E-state index in [4.69, 9.17) is 16.3 Å². The van der Waals surface area contributed by atoms with E-state index in [0.717, 1.165) is 18.4 Å². The summed E-state index contributed by atoms with van der Waals surface area (Å²) in [5.41, 5.74) is 1.40. The predicted octanol–water partition coefficient (Wildman–Crippen LogP) is 3.14. The van der Waals surface area contributed by atoms with Gasteiger partial charge in [-0.1, -0.05) is 24.6 Å². The van der Waals surface area contributed by atoms with Gasteiger partial charge in [0.25, 0.3) is 0 Å². The van der Waals surface area contributed by atoms with Crippen LogP contribution in [0.5, 0.6) is 0 Å². The first-order valence-corrected chi connectivity index (χ1v) is 12.7. The Kier molecular flexibility index (Phi) is 6.74. The van der Waals surface area contributed by atoms with Crippen LogP contribution in [0, 0.1) is 17.7 Å². The minimum atomic E-state index is -0.413. The molecule has 0 radical (unpaired) electrons. The third-order valence-electron chi connectivity index (χ3n) is 7.97. The zero-order valence-electron chi connectivity index (χ0n) is 20.2. The fourth-order valence-corrected chi connectivity index (χ4v) is 5.87. The summed E-state index contributed by atoms with van der Waals surface area (Å²) < 4.78 is 22.7. The minimum Gasteiger partial charge on any atom is -0.373 e. The monoisotopic (exact) mass is 502 g/mol. The Hall–Kier alpha value is -2.26. The molecule has 3 saturated heterocycles. The van der Waals surface area contributed by atoms with Crippen molar-refractivity contribution in [3.05, 3.63) is 68.8 Å². The second-order valence-electron chi connectivity index (χ2n) is 10.2. The van der Waals surface area contributed by atoms with Gasteiger partial charge in [0.15, 0.2) is 0 Å². The van der Waals surface area contributed by atoms with Gasteiger partial charge in [0.1, 0.15) is 12.0 Å². The highest BCUT2D eigenvalue weighted by atomic mass is 35.5. The first-order valence-electron chi connectivity index (χ1n) is 12.3. The highest BCUT2D eigenvalue weighted by Gasteiger charge is 2.47. The van der Waals surface area contributed by atoms with Crippen LogP contribution >= 0.6 is 11.6 Å². The van der Waals surface area contributed by atoms with Crippen molar-refractivity contribution in [2.75, 3.05) is 13.2 Å². The summed E-state index contributed by atoms with van der Waals surface area (Å²) in [4.78, 5) is 27.1. The van der Waals surface area contributed by atoms with Crippen molar-refractivity contribution in [3.63, 3.8) is 0 Å². The Labute approximate surface area is 209 Å². The molecule has 0 spiro atoms. The third-order valence-corrected chi connectivity index (χ3v) is 8.20. The van der Waals surface area contributed by atoms with E-state index in [-0.39, 0.29) is 53.5 Å². The average Bonchev–Trinajstić information content (AvgIpc) is 2.84. The normalized spacial score (nSPS) is 33.5. The molecule has 0 aliphatic carbocycles. The van der Waals surface area contributed by atoms with E-state index in [1.54, 1.807) is 29.8 Å². The summed E-state index contributed by atoms with van der Waals surface area (Å²) in [6.07, 6.45) is 2.92. The molecule has 5 rings (SSSR count). The topological polar surface area (TPSA) is 75.6 Å². The number of pyridine rings is 1. The number of piperazine rings is 1. The maximum absolute atomic E-state index is 15.1. The molecule has 4 heterocycles. The molecule has 7 atom stereocenters. The van der Waals surface area contributed by atoms with Crippen molar-refractivity contribution in [3.8, 4) is 0 Å². The van der Waals surface area contributed by atoms with Gasteiger partial charge >= 0.3 is 0 Å². The van der Waals surface area contributed by atoms with Crippen LogP contribution in [0.2, 0.25) is 5.02 Å². The zero-order chi connectivity index (χ0) is 24.9. The molecule has 1 aromatic heterocycles. The quantitative estimate of drug-likeness (QED) is 0.674. The van der Waals surface area contributed by atoms with Crippen molar-refractivity contribution >= 4 is 17.5 Å². The fourth-order valence-electron chi connectivity index (χ4n) is 5.71. The Morgan fingerprint density at radius 1 is 1.14 bits per heavy atom. The van der Waals surface area contributed by atoms with Gasteiger partial charge in [-0.05, 0) is 49.4 Å². The average molecular weight is 503 g/mol. The van der Waals surface area contributed by atoms with Gasteiger partial charge < -0.3 is 19.5 Å². The van der Waals surface area contributed by atoms with Crippen molar-refractivity contribution in [2.45, 2.75) is 57.1 Å². The van der Waals surface area contributed by atoms with Crippen molar-refractivity contribution < 1.29 is 13.9 Å². The Balaban J connectivity index is 1.44. The van der Waals surface area contributed by atoms with Crippen LogP contribution in [0.1, 0.15) is 50.0 Å². The molecule has 3 aliphatic heterocycles. The van der Waals surface area contributed by atoms with Gasteiger partial charge in [-0.25, -0.2) is 4.39 Å². The number of amides is 1. The van der Waals surface area contributed by atoms with E-state index in [0.29, 0.717) is 23.7 Å². The fraction of sp³-hybridized carbons (Fsp3) is 0.538. The first kappa shape index (κ1) is 24.4. The molecule has 35 heavy (non-hydrogen) atoms. The van der Waals surface area contributed by atoms with E-state index in [9.17, 15) is 9.59 Å². The molecule has 1 aromatic carbocycles. The number of nitrogens with one attached hydrogen (secondary N) is 2. The molecule has 7 nitrogen and oxygen atoms in total. The van der Waals surface area contributed by atoms with Crippen LogP contribution in [0.15, 0.2) is 41.3 Å². The molecule has 3 aliphatic rings. The van der Waals surface area contributed by atoms with E-state index >= 15 is 4.39 Å². The summed E-state index contributed by atoms with van der Waals surface area (Å²) in [5.74, 6) is -0.235. The molecule has 0 saturated carbocycles. The van der Waals surface area contributed by atoms with Gasteiger partial charge in [-0.15, -0.1) is 0 Å². The molecule has 188 valence electrons. The zero-order valence-corrected chi connectivity index (χ0v) is 21.0. The van der Waals surface area contributed by atoms with Gasteiger partial charge in [0, 0.05) is 55.1 Å². The van der Waals surface area contributed by atoms with E-state index in [2.05, 4.69) is 10.6 Å². The van der Waals surface area contributed by atoms with E-state index in [1.165, 1.54) is 6.07 Å². The number of hydrogen-bond donors (Lipinski definition) is 2. The second kappa shape index (κ2) is 9.65. The Bertz CT molecular complexity index is 1170. The number of fused-ring (bicyclic) bond motifs is 1. The number of nitrogens with zero attached hydrogens (tertiary/aromatic N) is 2. The number of carbonyl (C=O) groups excluding carboxylic acids is 1. The summed E-state index contributed by atoms with van der Waals surface area (Å²) in [6.45, 7) is 5.07. The van der Waals surface area contributed by atoms with Crippen LogP contribution < -0.4 is 16.2 Å². The number of ether oxygens (including phenoxy) is 1. The smallest absolute Gasteiger partial charge is 0.250 e. The molecule has 2 aromatic rings. The predicted molar refractivity (Wildman–Crippen MR) is 131 cm³/mol. The van der Waals surface area contributed by atoms with Crippen molar-refractivity contribution in [1.29, 1.82) is 0 Å². The second-order valence-corrected chi connectivity index (χ2v) is 10.6. The molecule has 3 fully saturated rings. The van der Waals surface area contributed by atoms with Crippen LogP contribution in [0.3, 0.4) is 0 Å². The molecular weight excluding hydrogens is 471 g/mol. The lowest BCUT2D eigenvalue weighted by Gasteiger charge is -2.53. The number of halogens is 2. The Morgan fingerprint density at radius 2 is 1.94 bits per heavy atom. The first-order chi connectivity index (χ1) is 16.7.